The molecule has 0 aliphatic heterocycles. The summed E-state index contributed by atoms with van der Waals surface area (Å²) in [5.74, 6) is -0.274. The number of methoxy groups -OCH3 is 1. The second-order valence-corrected chi connectivity index (χ2v) is 5.44. The molecule has 1 aromatic rings. The van der Waals surface area contributed by atoms with Gasteiger partial charge in [-0.3, -0.25) is 9.59 Å². The number of rotatable bonds is 8. The van der Waals surface area contributed by atoms with Crippen LogP contribution in [0.2, 0.25) is 0 Å². The number of benzene rings is 1. The molecule has 2 N–H and O–H groups in total. The normalized spacial score (nSPS) is 11.9. The van der Waals surface area contributed by atoms with Gasteiger partial charge in [-0.2, -0.15) is 0 Å². The maximum absolute atomic E-state index is 12.3. The fraction of sp³-hybridized carbons (Fsp3) is 0.500. The van der Waals surface area contributed by atoms with Crippen LogP contribution in [0.5, 0.6) is 11.5 Å². The van der Waals surface area contributed by atoms with Gasteiger partial charge in [-0.1, -0.05) is 6.92 Å². The minimum atomic E-state index is -0.880. The summed E-state index contributed by atoms with van der Waals surface area (Å²) in [6.45, 7) is 5.80. The van der Waals surface area contributed by atoms with Crippen molar-refractivity contribution in [1.82, 2.24) is 5.32 Å². The fourth-order valence-corrected chi connectivity index (χ4v) is 1.90. The highest BCUT2D eigenvalue weighted by Crippen LogP contribution is 2.25. The minimum absolute atomic E-state index is 0.0121. The van der Waals surface area contributed by atoms with Gasteiger partial charge in [0.1, 0.15) is 11.5 Å². The predicted octanol–water partition coefficient (Wildman–Crippen LogP) is 2.32. The Morgan fingerprint density at radius 1 is 1.27 bits per heavy atom. The average molecular weight is 309 g/mol. The largest absolute Gasteiger partial charge is 0.497 e. The van der Waals surface area contributed by atoms with E-state index in [1.54, 1.807) is 32.2 Å². The molecule has 0 heterocycles. The zero-order chi connectivity index (χ0) is 16.7. The molecule has 0 fully saturated rings. The fourth-order valence-electron chi connectivity index (χ4n) is 1.90. The molecule has 22 heavy (non-hydrogen) atoms. The summed E-state index contributed by atoms with van der Waals surface area (Å²) in [5.41, 5.74) is 0.400. The topological polar surface area (TPSA) is 84.9 Å². The Hall–Kier alpha value is -2.24. The lowest BCUT2D eigenvalue weighted by molar-refractivity contribution is -0.137. The van der Waals surface area contributed by atoms with Crippen LogP contribution >= 0.6 is 0 Å². The van der Waals surface area contributed by atoms with Gasteiger partial charge in [-0.25, -0.2) is 0 Å². The van der Waals surface area contributed by atoms with Gasteiger partial charge in [0.05, 0.1) is 18.8 Å². The van der Waals surface area contributed by atoms with E-state index in [9.17, 15) is 9.59 Å². The van der Waals surface area contributed by atoms with E-state index in [2.05, 4.69) is 5.32 Å². The number of aliphatic carboxylic acids is 1. The smallest absolute Gasteiger partial charge is 0.303 e. The summed E-state index contributed by atoms with van der Waals surface area (Å²) >= 11 is 0. The highest BCUT2D eigenvalue weighted by atomic mass is 16.5. The van der Waals surface area contributed by atoms with E-state index in [1.165, 1.54) is 0 Å². The van der Waals surface area contributed by atoms with Crippen LogP contribution in [-0.2, 0) is 4.79 Å². The van der Waals surface area contributed by atoms with Crippen LogP contribution in [0.1, 0.15) is 37.6 Å². The number of ether oxygens (including phenoxy) is 2. The zero-order valence-electron chi connectivity index (χ0n) is 13.4. The van der Waals surface area contributed by atoms with Gasteiger partial charge < -0.3 is 19.9 Å². The number of carbonyl (C=O) groups excluding carboxylic acids is 1. The molecular formula is C16H23NO5. The second kappa shape index (κ2) is 8.26. The van der Waals surface area contributed by atoms with Gasteiger partial charge in [-0.15, -0.1) is 0 Å². The predicted molar refractivity (Wildman–Crippen MR) is 82.5 cm³/mol. The summed E-state index contributed by atoms with van der Waals surface area (Å²) in [6, 6.07) is 4.98. The summed E-state index contributed by atoms with van der Waals surface area (Å²) in [4.78, 5) is 22.9. The molecule has 0 spiro atoms. The molecule has 6 heteroatoms. The molecule has 122 valence electrons. The SMILES string of the molecule is COc1ccc(C(=O)NCC(C)CC(=O)O)c(OC(C)C)c1. The lowest BCUT2D eigenvalue weighted by Crippen LogP contribution is -2.29. The molecule has 0 bridgehead atoms. The third-order valence-corrected chi connectivity index (χ3v) is 2.93. The van der Waals surface area contributed by atoms with Crippen LogP contribution in [0, 0.1) is 5.92 Å². The number of amides is 1. The van der Waals surface area contributed by atoms with Gasteiger partial charge in [0, 0.05) is 19.0 Å². The summed E-state index contributed by atoms with van der Waals surface area (Å²) in [7, 11) is 1.54. The van der Waals surface area contributed by atoms with E-state index in [0.717, 1.165) is 0 Å². The Labute approximate surface area is 130 Å². The number of nitrogens with one attached hydrogen (secondary N) is 1. The molecule has 1 amide bonds. The monoisotopic (exact) mass is 309 g/mol. The van der Waals surface area contributed by atoms with Gasteiger partial charge in [0.25, 0.3) is 5.91 Å². The van der Waals surface area contributed by atoms with Crippen LogP contribution in [0.3, 0.4) is 0 Å². The van der Waals surface area contributed by atoms with Gasteiger partial charge in [0.15, 0.2) is 0 Å². The Balaban J connectivity index is 2.81. The van der Waals surface area contributed by atoms with Crippen molar-refractivity contribution in [2.45, 2.75) is 33.3 Å². The van der Waals surface area contributed by atoms with Gasteiger partial charge in [-0.05, 0) is 31.9 Å². The van der Waals surface area contributed by atoms with Crippen molar-refractivity contribution in [1.29, 1.82) is 0 Å². The number of carbonyl (C=O) groups is 2. The molecule has 6 nitrogen and oxygen atoms in total. The Morgan fingerprint density at radius 2 is 1.95 bits per heavy atom. The molecule has 0 aliphatic rings. The van der Waals surface area contributed by atoms with Gasteiger partial charge in [0.2, 0.25) is 0 Å². The lowest BCUT2D eigenvalue weighted by Gasteiger charge is -2.16. The quantitative estimate of drug-likeness (QED) is 0.770. The van der Waals surface area contributed by atoms with E-state index < -0.39 is 5.97 Å². The number of hydrogen-bond donors (Lipinski definition) is 2. The number of hydrogen-bond acceptors (Lipinski definition) is 4. The standard InChI is InChI=1S/C16H23NO5/c1-10(2)22-14-8-12(21-4)5-6-13(14)16(20)17-9-11(3)7-15(18)19/h5-6,8,10-11H,7,9H2,1-4H3,(H,17,20)(H,18,19). The third-order valence-electron chi connectivity index (χ3n) is 2.93. The summed E-state index contributed by atoms with van der Waals surface area (Å²) in [5, 5.41) is 11.5. The molecule has 0 aliphatic carbocycles. The van der Waals surface area contributed by atoms with E-state index in [0.29, 0.717) is 17.1 Å². The number of carboxylic acids is 1. The van der Waals surface area contributed by atoms with Crippen molar-refractivity contribution in [3.63, 3.8) is 0 Å². The molecule has 0 aromatic heterocycles. The van der Waals surface area contributed by atoms with E-state index >= 15 is 0 Å². The lowest BCUT2D eigenvalue weighted by atomic mass is 10.1. The summed E-state index contributed by atoms with van der Waals surface area (Å²) < 4.78 is 10.8. The molecule has 1 unspecified atom stereocenters. The maximum atomic E-state index is 12.3. The molecule has 1 atom stereocenters. The Morgan fingerprint density at radius 3 is 2.50 bits per heavy atom. The zero-order valence-corrected chi connectivity index (χ0v) is 13.4. The first-order valence-electron chi connectivity index (χ1n) is 7.18. The molecule has 1 rings (SSSR count). The van der Waals surface area contributed by atoms with Crippen LogP contribution in [-0.4, -0.2) is 36.7 Å². The Bertz CT molecular complexity index is 527. The maximum Gasteiger partial charge on any atom is 0.303 e. The van der Waals surface area contributed by atoms with Crippen molar-refractivity contribution >= 4 is 11.9 Å². The first-order valence-corrected chi connectivity index (χ1v) is 7.18. The molecule has 0 saturated carbocycles. The first-order chi connectivity index (χ1) is 10.3. The summed E-state index contributed by atoms with van der Waals surface area (Å²) in [6.07, 6.45) is -0.0669. The van der Waals surface area contributed by atoms with Crippen LogP contribution < -0.4 is 14.8 Å². The van der Waals surface area contributed by atoms with Crippen molar-refractivity contribution < 1.29 is 24.2 Å². The molecular weight excluding hydrogens is 286 g/mol. The highest BCUT2D eigenvalue weighted by Gasteiger charge is 2.16. The third kappa shape index (κ3) is 5.63. The van der Waals surface area contributed by atoms with E-state index in [-0.39, 0.29) is 30.9 Å². The molecule has 1 aromatic carbocycles. The van der Waals surface area contributed by atoms with Crippen molar-refractivity contribution in [3.05, 3.63) is 23.8 Å². The van der Waals surface area contributed by atoms with Crippen LogP contribution in [0.4, 0.5) is 0 Å². The highest BCUT2D eigenvalue weighted by molar-refractivity contribution is 5.97. The van der Waals surface area contributed by atoms with Crippen molar-refractivity contribution in [3.8, 4) is 11.5 Å². The average Bonchev–Trinajstić information content (AvgIpc) is 2.43. The number of carboxylic acid groups (broad SMARTS) is 1. The second-order valence-electron chi connectivity index (χ2n) is 5.44. The Kier molecular flexibility index (Phi) is 6.69. The van der Waals surface area contributed by atoms with E-state index in [4.69, 9.17) is 14.6 Å². The van der Waals surface area contributed by atoms with Crippen molar-refractivity contribution in [2.24, 2.45) is 5.92 Å². The first kappa shape index (κ1) is 17.8. The van der Waals surface area contributed by atoms with Gasteiger partial charge >= 0.3 is 5.97 Å². The van der Waals surface area contributed by atoms with Crippen LogP contribution in [0.15, 0.2) is 18.2 Å². The molecule has 0 saturated heterocycles. The van der Waals surface area contributed by atoms with Crippen LogP contribution in [0.25, 0.3) is 0 Å². The van der Waals surface area contributed by atoms with Crippen molar-refractivity contribution in [2.75, 3.05) is 13.7 Å². The molecule has 0 radical (unpaired) electrons. The van der Waals surface area contributed by atoms with E-state index in [1.807, 2.05) is 13.8 Å². The minimum Gasteiger partial charge on any atom is -0.497 e.